The molecule has 4 nitrogen and oxygen atoms in total. The molecule has 1 fully saturated rings. The number of hydrogen-bond donors (Lipinski definition) is 2. The minimum absolute atomic E-state index is 0.410. The Morgan fingerprint density at radius 3 is 2.78 bits per heavy atom. The molecule has 0 spiro atoms. The van der Waals surface area contributed by atoms with Gasteiger partial charge in [-0.25, -0.2) is 4.21 Å². The smallest absolute Gasteiger partial charge is 0.160 e. The third-order valence-electron chi connectivity index (χ3n) is 5.79. The van der Waals surface area contributed by atoms with Gasteiger partial charge in [0.15, 0.2) is 11.1 Å². The summed E-state index contributed by atoms with van der Waals surface area (Å²) in [6.45, 7) is 1.18. The fourth-order valence-corrected chi connectivity index (χ4v) is 4.92. The molecule has 1 unspecified atom stereocenters. The molecule has 0 amide bonds. The molecule has 1 aliphatic rings. The van der Waals surface area contributed by atoms with Crippen molar-refractivity contribution in [3.63, 3.8) is 0 Å². The van der Waals surface area contributed by atoms with Crippen molar-refractivity contribution in [3.8, 4) is 0 Å². The number of aromatic amines is 1. The number of hydrogen-bond acceptors (Lipinski definition) is 2. The van der Waals surface area contributed by atoms with Crippen LogP contribution in [0, 0.1) is 0 Å². The van der Waals surface area contributed by atoms with Crippen LogP contribution in [0.3, 0.4) is 0 Å². The molecule has 1 aromatic heterocycles. The van der Waals surface area contributed by atoms with Crippen LogP contribution < -0.4 is 0 Å². The Morgan fingerprint density at radius 1 is 1.26 bits per heavy atom. The molecule has 3 aromatic rings. The molecule has 0 bridgehead atoms. The van der Waals surface area contributed by atoms with Gasteiger partial charge in [0.25, 0.3) is 0 Å². The zero-order valence-corrected chi connectivity index (χ0v) is 16.4. The first kappa shape index (κ1) is 18.4. The minimum atomic E-state index is -1.91. The summed E-state index contributed by atoms with van der Waals surface area (Å²) in [7, 11) is 2.21. The summed E-state index contributed by atoms with van der Waals surface area (Å²) in [5.74, 6) is 0. The standard InChI is InChI=1S/C22H26N2O2S/c1-24-11-5-8-19(24)14-18-15-23-21-10-9-16(12-20(18)21)13-22(27(25)26)17-6-3-2-4-7-17/h2-4,6-7,9-10,12,15,19,22-23H,5,8,11,13-14H2,1H3,(H,25,26)/t19-,22-/m1/s1. The van der Waals surface area contributed by atoms with Gasteiger partial charge in [-0.2, -0.15) is 0 Å². The molecule has 5 heteroatoms. The van der Waals surface area contributed by atoms with Crippen LogP contribution in [0.5, 0.6) is 0 Å². The highest BCUT2D eigenvalue weighted by Gasteiger charge is 2.23. The fraction of sp³-hybridized carbons (Fsp3) is 0.364. The van der Waals surface area contributed by atoms with Gasteiger partial charge in [-0.05, 0) is 68.1 Å². The molecule has 0 saturated carbocycles. The molecule has 27 heavy (non-hydrogen) atoms. The molecular formula is C22H26N2O2S. The van der Waals surface area contributed by atoms with E-state index in [4.69, 9.17) is 0 Å². The zero-order valence-electron chi connectivity index (χ0n) is 15.6. The molecule has 0 radical (unpaired) electrons. The Labute approximate surface area is 162 Å². The average Bonchev–Trinajstić information content (AvgIpc) is 3.27. The van der Waals surface area contributed by atoms with Crippen LogP contribution in [0.2, 0.25) is 0 Å². The lowest BCUT2D eigenvalue weighted by molar-refractivity contribution is 0.310. The molecule has 2 aromatic carbocycles. The van der Waals surface area contributed by atoms with Crippen LogP contribution in [0.1, 0.15) is 34.8 Å². The molecule has 0 aliphatic carbocycles. The molecule has 2 N–H and O–H groups in total. The summed E-state index contributed by atoms with van der Waals surface area (Å²) in [5, 5.41) is 0.829. The number of fused-ring (bicyclic) bond motifs is 1. The summed E-state index contributed by atoms with van der Waals surface area (Å²) < 4.78 is 21.8. The molecule has 1 aliphatic heterocycles. The lowest BCUT2D eigenvalue weighted by atomic mass is 9.99. The second kappa shape index (κ2) is 7.97. The highest BCUT2D eigenvalue weighted by Crippen LogP contribution is 2.28. The lowest BCUT2D eigenvalue weighted by Crippen LogP contribution is -2.26. The van der Waals surface area contributed by atoms with Crippen LogP contribution in [-0.4, -0.2) is 38.3 Å². The van der Waals surface area contributed by atoms with E-state index in [9.17, 15) is 8.76 Å². The predicted octanol–water partition coefficient (Wildman–Crippen LogP) is 4.31. The molecule has 4 rings (SSSR count). The molecule has 3 atom stereocenters. The first-order valence-electron chi connectivity index (χ1n) is 9.55. The van der Waals surface area contributed by atoms with Gasteiger partial charge >= 0.3 is 0 Å². The van der Waals surface area contributed by atoms with Crippen LogP contribution in [0.4, 0.5) is 0 Å². The van der Waals surface area contributed by atoms with Crippen molar-refractivity contribution >= 4 is 22.0 Å². The van der Waals surface area contributed by atoms with Gasteiger partial charge in [-0.3, -0.25) is 0 Å². The highest BCUT2D eigenvalue weighted by atomic mass is 32.2. The number of nitrogens with zero attached hydrogens (tertiary/aromatic N) is 1. The normalized spacial score (nSPS) is 20.1. The summed E-state index contributed by atoms with van der Waals surface area (Å²) >= 11 is -1.91. The van der Waals surface area contributed by atoms with Crippen LogP contribution >= 0.6 is 0 Å². The quantitative estimate of drug-likeness (QED) is 0.625. The first-order chi connectivity index (χ1) is 13.1. The molecule has 1 saturated heterocycles. The van der Waals surface area contributed by atoms with E-state index in [0.29, 0.717) is 12.5 Å². The Hall–Kier alpha value is -1.95. The SMILES string of the molecule is CN1CCC[C@@H]1Cc1c[nH]c2ccc(C[C@H](c3ccccc3)S(=O)O)cc12. The largest absolute Gasteiger partial charge is 0.361 e. The van der Waals surface area contributed by atoms with E-state index in [0.717, 1.165) is 23.1 Å². The summed E-state index contributed by atoms with van der Waals surface area (Å²) in [4.78, 5) is 5.83. The highest BCUT2D eigenvalue weighted by molar-refractivity contribution is 7.79. The van der Waals surface area contributed by atoms with E-state index >= 15 is 0 Å². The topological polar surface area (TPSA) is 56.3 Å². The maximum absolute atomic E-state index is 12.0. The Kier molecular flexibility index (Phi) is 5.43. The monoisotopic (exact) mass is 382 g/mol. The van der Waals surface area contributed by atoms with Crippen molar-refractivity contribution in [2.75, 3.05) is 13.6 Å². The number of likely N-dealkylation sites (N-methyl/N-ethyl adjacent to an activating group) is 1. The summed E-state index contributed by atoms with van der Waals surface area (Å²) in [6, 6.07) is 16.6. The van der Waals surface area contributed by atoms with Crippen molar-refractivity contribution in [3.05, 3.63) is 71.4 Å². The average molecular weight is 383 g/mol. The van der Waals surface area contributed by atoms with Gasteiger partial charge < -0.3 is 14.4 Å². The van der Waals surface area contributed by atoms with Gasteiger partial charge in [0.1, 0.15) is 0 Å². The van der Waals surface area contributed by atoms with Crippen LogP contribution in [0.15, 0.2) is 54.7 Å². The number of H-pyrrole nitrogens is 1. The second-order valence-electron chi connectivity index (χ2n) is 7.55. The van der Waals surface area contributed by atoms with Crippen LogP contribution in [-0.2, 0) is 23.9 Å². The second-order valence-corrected chi connectivity index (χ2v) is 8.68. The van der Waals surface area contributed by atoms with Crippen LogP contribution in [0.25, 0.3) is 10.9 Å². The van der Waals surface area contributed by atoms with Gasteiger partial charge in [-0.15, -0.1) is 0 Å². The Morgan fingerprint density at radius 2 is 2.07 bits per heavy atom. The van der Waals surface area contributed by atoms with Gasteiger partial charge in [-0.1, -0.05) is 36.4 Å². The van der Waals surface area contributed by atoms with E-state index in [2.05, 4.69) is 41.3 Å². The van der Waals surface area contributed by atoms with Gasteiger partial charge in [0.2, 0.25) is 0 Å². The van der Waals surface area contributed by atoms with Crippen molar-refractivity contribution in [2.45, 2.75) is 37.0 Å². The number of likely N-dealkylation sites (tertiary alicyclic amines) is 1. The Bertz CT molecular complexity index is 938. The van der Waals surface area contributed by atoms with E-state index in [1.807, 2.05) is 30.3 Å². The number of nitrogens with one attached hydrogen (secondary N) is 1. The summed E-state index contributed by atoms with van der Waals surface area (Å²) in [5.41, 5.74) is 4.47. The van der Waals surface area contributed by atoms with Crippen molar-refractivity contribution in [2.24, 2.45) is 0 Å². The third-order valence-corrected chi connectivity index (χ3v) is 6.72. The Balaban J connectivity index is 1.60. The predicted molar refractivity (Wildman–Crippen MR) is 111 cm³/mol. The number of rotatable bonds is 6. The van der Waals surface area contributed by atoms with Crippen molar-refractivity contribution in [1.82, 2.24) is 9.88 Å². The van der Waals surface area contributed by atoms with Gasteiger partial charge in [0, 0.05) is 23.1 Å². The van der Waals surface area contributed by atoms with E-state index in [-0.39, 0.29) is 0 Å². The van der Waals surface area contributed by atoms with Crippen molar-refractivity contribution in [1.29, 1.82) is 0 Å². The molecule has 142 valence electrons. The zero-order chi connectivity index (χ0) is 18.8. The maximum Gasteiger partial charge on any atom is 0.160 e. The lowest BCUT2D eigenvalue weighted by Gasteiger charge is -2.19. The third kappa shape index (κ3) is 4.00. The number of benzene rings is 2. The fourth-order valence-electron chi connectivity index (χ4n) is 4.20. The van der Waals surface area contributed by atoms with Crippen molar-refractivity contribution < 1.29 is 8.76 Å². The molecule has 2 heterocycles. The molecular weight excluding hydrogens is 356 g/mol. The summed E-state index contributed by atoms with van der Waals surface area (Å²) in [6.07, 6.45) is 6.25. The maximum atomic E-state index is 12.0. The van der Waals surface area contributed by atoms with Gasteiger partial charge in [0.05, 0.1) is 5.25 Å². The minimum Gasteiger partial charge on any atom is -0.361 e. The van der Waals surface area contributed by atoms with E-state index in [1.165, 1.54) is 30.3 Å². The van der Waals surface area contributed by atoms with E-state index in [1.54, 1.807) is 0 Å². The first-order valence-corrected chi connectivity index (χ1v) is 10.7. The van der Waals surface area contributed by atoms with E-state index < -0.39 is 16.3 Å². The number of aromatic nitrogens is 1.